The molecule has 0 aromatic carbocycles. The fraction of sp³-hybridized carbons (Fsp3) is 0.111. The zero-order chi connectivity index (χ0) is 9.26. The van der Waals surface area contributed by atoms with Crippen molar-refractivity contribution in [1.82, 2.24) is 9.97 Å². The Morgan fingerprint density at radius 3 is 3.00 bits per heavy atom. The van der Waals surface area contributed by atoms with Gasteiger partial charge in [0.2, 0.25) is 0 Å². The van der Waals surface area contributed by atoms with Gasteiger partial charge < -0.3 is 9.40 Å². The third-order valence-electron chi connectivity index (χ3n) is 1.73. The van der Waals surface area contributed by atoms with Crippen LogP contribution in [-0.2, 0) is 0 Å². The number of hydrogen-bond acceptors (Lipinski definition) is 3. The Balaban J connectivity index is 2.53. The fourth-order valence-corrected chi connectivity index (χ4v) is 1.14. The van der Waals surface area contributed by atoms with Gasteiger partial charge in [0.25, 0.3) is 0 Å². The standard InChI is InChI=1S/C9H7N3O/c1-6-2-3-8(13-6)9-7(4-10)11-5-12-9/h2-3,5H,1H3,(H,11,12). The van der Waals surface area contributed by atoms with Crippen molar-refractivity contribution in [3.63, 3.8) is 0 Å². The molecule has 0 saturated heterocycles. The molecule has 1 N–H and O–H groups in total. The molecule has 0 amide bonds. The van der Waals surface area contributed by atoms with Gasteiger partial charge in [0.15, 0.2) is 11.5 Å². The summed E-state index contributed by atoms with van der Waals surface area (Å²) >= 11 is 0. The van der Waals surface area contributed by atoms with Crippen LogP contribution in [0.2, 0.25) is 0 Å². The van der Waals surface area contributed by atoms with E-state index in [1.807, 2.05) is 25.1 Å². The highest BCUT2D eigenvalue weighted by Gasteiger charge is 2.10. The minimum absolute atomic E-state index is 0.356. The Hall–Kier alpha value is -2.02. The Morgan fingerprint density at radius 2 is 2.38 bits per heavy atom. The van der Waals surface area contributed by atoms with Gasteiger partial charge in [-0.3, -0.25) is 0 Å². The molecule has 0 fully saturated rings. The van der Waals surface area contributed by atoms with E-state index in [0.29, 0.717) is 17.1 Å². The number of imidazole rings is 1. The lowest BCUT2D eigenvalue weighted by Gasteiger charge is -1.90. The monoisotopic (exact) mass is 173 g/mol. The lowest BCUT2D eigenvalue weighted by molar-refractivity contribution is 0.546. The number of nitrogens with zero attached hydrogens (tertiary/aromatic N) is 2. The van der Waals surface area contributed by atoms with Gasteiger partial charge in [0, 0.05) is 0 Å². The van der Waals surface area contributed by atoms with Crippen molar-refractivity contribution in [3.8, 4) is 17.5 Å². The van der Waals surface area contributed by atoms with Crippen LogP contribution in [0.5, 0.6) is 0 Å². The molecule has 0 saturated carbocycles. The smallest absolute Gasteiger partial charge is 0.169 e. The summed E-state index contributed by atoms with van der Waals surface area (Å²) in [5.41, 5.74) is 0.991. The average molecular weight is 173 g/mol. The third-order valence-corrected chi connectivity index (χ3v) is 1.73. The second kappa shape index (κ2) is 2.79. The van der Waals surface area contributed by atoms with Crippen LogP contribution < -0.4 is 0 Å². The van der Waals surface area contributed by atoms with E-state index in [4.69, 9.17) is 9.68 Å². The van der Waals surface area contributed by atoms with E-state index in [1.54, 1.807) is 0 Å². The second-order valence-corrected chi connectivity index (χ2v) is 2.65. The van der Waals surface area contributed by atoms with Gasteiger partial charge in [0.1, 0.15) is 17.5 Å². The number of aromatic amines is 1. The number of aryl methyl sites for hydroxylation is 1. The Labute approximate surface area is 74.8 Å². The molecule has 4 nitrogen and oxygen atoms in total. The van der Waals surface area contributed by atoms with Crippen LogP contribution >= 0.6 is 0 Å². The van der Waals surface area contributed by atoms with Crippen LogP contribution in [0.1, 0.15) is 11.5 Å². The van der Waals surface area contributed by atoms with Crippen LogP contribution in [0.4, 0.5) is 0 Å². The molecule has 0 spiro atoms. The first kappa shape index (κ1) is 7.62. The van der Waals surface area contributed by atoms with Crippen LogP contribution in [0.15, 0.2) is 22.9 Å². The summed E-state index contributed by atoms with van der Waals surface area (Å²) in [5.74, 6) is 1.46. The number of hydrogen-bond donors (Lipinski definition) is 1. The maximum absolute atomic E-state index is 8.70. The quantitative estimate of drug-likeness (QED) is 0.715. The van der Waals surface area contributed by atoms with Gasteiger partial charge in [-0.05, 0) is 19.1 Å². The highest BCUT2D eigenvalue weighted by Crippen LogP contribution is 2.21. The molecule has 0 atom stereocenters. The van der Waals surface area contributed by atoms with Gasteiger partial charge in [-0.2, -0.15) is 5.26 Å². The number of nitrogens with one attached hydrogen (secondary N) is 1. The van der Waals surface area contributed by atoms with Crippen LogP contribution in [0.25, 0.3) is 11.5 Å². The van der Waals surface area contributed by atoms with E-state index in [1.165, 1.54) is 6.33 Å². The van der Waals surface area contributed by atoms with Crippen molar-refractivity contribution < 1.29 is 4.42 Å². The van der Waals surface area contributed by atoms with E-state index in [2.05, 4.69) is 9.97 Å². The van der Waals surface area contributed by atoms with E-state index >= 15 is 0 Å². The summed E-state index contributed by atoms with van der Waals surface area (Å²) in [5, 5.41) is 8.70. The molecular formula is C9H7N3O. The Morgan fingerprint density at radius 1 is 1.54 bits per heavy atom. The van der Waals surface area contributed by atoms with Crippen molar-refractivity contribution in [3.05, 3.63) is 29.9 Å². The summed E-state index contributed by atoms with van der Waals surface area (Å²) in [6.45, 7) is 1.85. The molecule has 13 heavy (non-hydrogen) atoms. The summed E-state index contributed by atoms with van der Waals surface area (Å²) in [6.07, 6.45) is 1.48. The zero-order valence-electron chi connectivity index (χ0n) is 7.03. The largest absolute Gasteiger partial charge is 0.460 e. The normalized spacial score (nSPS) is 9.85. The summed E-state index contributed by atoms with van der Waals surface area (Å²) in [7, 11) is 0. The van der Waals surface area contributed by atoms with Crippen LogP contribution in [0.3, 0.4) is 0 Å². The predicted octanol–water partition coefficient (Wildman–Crippen LogP) is 1.85. The first-order valence-electron chi connectivity index (χ1n) is 3.81. The molecule has 2 aromatic rings. The van der Waals surface area contributed by atoms with Crippen molar-refractivity contribution in [2.45, 2.75) is 6.92 Å². The molecule has 64 valence electrons. The van der Waals surface area contributed by atoms with Crippen molar-refractivity contribution in [1.29, 1.82) is 5.26 Å². The summed E-state index contributed by atoms with van der Waals surface area (Å²) in [4.78, 5) is 6.70. The molecule has 4 heteroatoms. The molecule has 0 bridgehead atoms. The number of rotatable bonds is 1. The number of H-pyrrole nitrogens is 1. The number of aromatic nitrogens is 2. The van der Waals surface area contributed by atoms with Crippen molar-refractivity contribution in [2.75, 3.05) is 0 Å². The molecule has 2 rings (SSSR count). The third kappa shape index (κ3) is 1.20. The highest BCUT2D eigenvalue weighted by atomic mass is 16.3. The first-order valence-corrected chi connectivity index (χ1v) is 3.81. The van der Waals surface area contributed by atoms with E-state index in [9.17, 15) is 0 Å². The molecule has 2 heterocycles. The second-order valence-electron chi connectivity index (χ2n) is 2.65. The summed E-state index contributed by atoms with van der Waals surface area (Å²) in [6, 6.07) is 5.63. The molecule has 2 aromatic heterocycles. The van der Waals surface area contributed by atoms with Gasteiger partial charge in [-0.1, -0.05) is 0 Å². The average Bonchev–Trinajstić information content (AvgIpc) is 2.71. The molecular weight excluding hydrogens is 166 g/mol. The van der Waals surface area contributed by atoms with E-state index < -0.39 is 0 Å². The van der Waals surface area contributed by atoms with Crippen molar-refractivity contribution in [2.24, 2.45) is 0 Å². The van der Waals surface area contributed by atoms with E-state index in [0.717, 1.165) is 5.76 Å². The van der Waals surface area contributed by atoms with Gasteiger partial charge in [-0.15, -0.1) is 0 Å². The first-order chi connectivity index (χ1) is 6.31. The minimum atomic E-state index is 0.356. The molecule has 0 aliphatic heterocycles. The zero-order valence-corrected chi connectivity index (χ0v) is 7.03. The maximum Gasteiger partial charge on any atom is 0.169 e. The van der Waals surface area contributed by atoms with Crippen molar-refractivity contribution >= 4 is 0 Å². The lowest BCUT2D eigenvalue weighted by atomic mass is 10.3. The van der Waals surface area contributed by atoms with Crippen LogP contribution in [0, 0.1) is 18.3 Å². The number of furan rings is 1. The summed E-state index contributed by atoms with van der Waals surface area (Å²) < 4.78 is 5.35. The molecule has 0 radical (unpaired) electrons. The molecule has 0 unspecified atom stereocenters. The minimum Gasteiger partial charge on any atom is -0.460 e. The molecule has 0 aliphatic carbocycles. The predicted molar refractivity (Wildman–Crippen MR) is 45.7 cm³/mol. The van der Waals surface area contributed by atoms with Gasteiger partial charge in [-0.25, -0.2) is 4.98 Å². The SMILES string of the molecule is Cc1ccc(-c2[nH]cnc2C#N)o1. The molecule has 0 aliphatic rings. The lowest BCUT2D eigenvalue weighted by Crippen LogP contribution is -1.78. The highest BCUT2D eigenvalue weighted by molar-refractivity contribution is 5.59. The Kier molecular flexibility index (Phi) is 1.64. The fourth-order valence-electron chi connectivity index (χ4n) is 1.14. The van der Waals surface area contributed by atoms with Crippen LogP contribution in [-0.4, -0.2) is 9.97 Å². The Bertz CT molecular complexity index is 461. The maximum atomic E-state index is 8.70. The van der Waals surface area contributed by atoms with Gasteiger partial charge in [0.05, 0.1) is 6.33 Å². The van der Waals surface area contributed by atoms with E-state index in [-0.39, 0.29) is 0 Å². The van der Waals surface area contributed by atoms with Gasteiger partial charge >= 0.3 is 0 Å². The number of nitriles is 1. The topological polar surface area (TPSA) is 65.6 Å².